The summed E-state index contributed by atoms with van der Waals surface area (Å²) in [4.78, 5) is 1.32. The Labute approximate surface area is 116 Å². The summed E-state index contributed by atoms with van der Waals surface area (Å²) >= 11 is 6.05. The fourth-order valence-corrected chi connectivity index (χ4v) is 2.31. The zero-order valence-electron chi connectivity index (χ0n) is 10.9. The van der Waals surface area contributed by atoms with E-state index in [1.54, 1.807) is 38.1 Å². The molecule has 0 spiro atoms. The largest absolute Gasteiger partial charge is 0.401 e. The van der Waals surface area contributed by atoms with Gasteiger partial charge in [0, 0.05) is 23.7 Å². The van der Waals surface area contributed by atoms with Gasteiger partial charge < -0.3 is 5.73 Å². The average Bonchev–Trinajstić information content (AvgIpc) is 2.29. The SMILES string of the molecule is CC(C)N(CC(F)(F)F)C(CN)c1ccccc1Cl. The van der Waals surface area contributed by atoms with Crippen molar-refractivity contribution in [2.45, 2.75) is 32.1 Å². The highest BCUT2D eigenvalue weighted by atomic mass is 35.5. The molecule has 1 rings (SSSR count). The lowest BCUT2D eigenvalue weighted by Crippen LogP contribution is -2.44. The number of halogens is 4. The van der Waals surface area contributed by atoms with E-state index in [4.69, 9.17) is 17.3 Å². The first-order valence-corrected chi connectivity index (χ1v) is 6.41. The van der Waals surface area contributed by atoms with Gasteiger partial charge in [-0.1, -0.05) is 29.8 Å². The van der Waals surface area contributed by atoms with E-state index in [0.29, 0.717) is 10.6 Å². The Morgan fingerprint density at radius 2 is 1.84 bits per heavy atom. The second-order valence-electron chi connectivity index (χ2n) is 4.65. The molecule has 1 atom stereocenters. The molecule has 0 aromatic heterocycles. The van der Waals surface area contributed by atoms with Gasteiger partial charge in [0.05, 0.1) is 6.54 Å². The zero-order valence-corrected chi connectivity index (χ0v) is 11.7. The van der Waals surface area contributed by atoms with Gasteiger partial charge in [0.1, 0.15) is 0 Å². The third kappa shape index (κ3) is 4.67. The van der Waals surface area contributed by atoms with Crippen molar-refractivity contribution < 1.29 is 13.2 Å². The summed E-state index contributed by atoms with van der Waals surface area (Å²) in [6.07, 6.45) is -4.26. The number of alkyl halides is 3. The summed E-state index contributed by atoms with van der Waals surface area (Å²) in [5, 5.41) is 0.436. The normalized spacial score (nSPS) is 14.2. The van der Waals surface area contributed by atoms with Gasteiger partial charge in [-0.05, 0) is 25.5 Å². The van der Waals surface area contributed by atoms with Crippen LogP contribution in [0, 0.1) is 0 Å². The van der Waals surface area contributed by atoms with E-state index < -0.39 is 18.8 Å². The van der Waals surface area contributed by atoms with Gasteiger partial charge in [-0.15, -0.1) is 0 Å². The van der Waals surface area contributed by atoms with E-state index in [0.717, 1.165) is 0 Å². The molecule has 0 saturated heterocycles. The van der Waals surface area contributed by atoms with Crippen LogP contribution in [0.5, 0.6) is 0 Å². The van der Waals surface area contributed by atoms with E-state index in [-0.39, 0.29) is 12.6 Å². The maximum Gasteiger partial charge on any atom is 0.401 e. The Hall–Kier alpha value is -0.780. The highest BCUT2D eigenvalue weighted by Crippen LogP contribution is 2.30. The second kappa shape index (κ2) is 6.59. The molecule has 0 aliphatic rings. The fourth-order valence-electron chi connectivity index (χ4n) is 2.05. The number of benzene rings is 1. The molecular weight excluding hydrogens is 277 g/mol. The van der Waals surface area contributed by atoms with Crippen LogP contribution in [0.2, 0.25) is 5.02 Å². The van der Waals surface area contributed by atoms with Crippen LogP contribution in [0.25, 0.3) is 0 Å². The molecule has 1 aromatic rings. The van der Waals surface area contributed by atoms with Crippen LogP contribution in [-0.4, -0.2) is 30.2 Å². The van der Waals surface area contributed by atoms with Crippen molar-refractivity contribution in [2.24, 2.45) is 5.73 Å². The Kier molecular flexibility index (Phi) is 5.64. The van der Waals surface area contributed by atoms with Crippen LogP contribution in [0.4, 0.5) is 13.2 Å². The van der Waals surface area contributed by atoms with Gasteiger partial charge in [-0.3, -0.25) is 4.90 Å². The number of hydrogen-bond acceptors (Lipinski definition) is 2. The van der Waals surface area contributed by atoms with Crippen LogP contribution in [0.1, 0.15) is 25.5 Å². The predicted octanol–water partition coefficient (Wildman–Crippen LogP) is 3.61. The summed E-state index contributed by atoms with van der Waals surface area (Å²) in [5.74, 6) is 0. The van der Waals surface area contributed by atoms with E-state index >= 15 is 0 Å². The van der Waals surface area contributed by atoms with Gasteiger partial charge in [0.15, 0.2) is 0 Å². The summed E-state index contributed by atoms with van der Waals surface area (Å²) in [7, 11) is 0. The molecule has 0 heterocycles. The van der Waals surface area contributed by atoms with Crippen molar-refractivity contribution >= 4 is 11.6 Å². The number of rotatable bonds is 5. The Bertz CT molecular complexity index is 407. The molecule has 1 aromatic carbocycles. The minimum absolute atomic E-state index is 0.0813. The summed E-state index contributed by atoms with van der Waals surface area (Å²) in [5.41, 5.74) is 6.29. The fraction of sp³-hybridized carbons (Fsp3) is 0.538. The van der Waals surface area contributed by atoms with Gasteiger partial charge in [0.2, 0.25) is 0 Å². The molecule has 0 bridgehead atoms. The average molecular weight is 295 g/mol. The van der Waals surface area contributed by atoms with E-state index in [1.165, 1.54) is 4.90 Å². The molecule has 1 unspecified atom stereocenters. The maximum absolute atomic E-state index is 12.7. The molecule has 19 heavy (non-hydrogen) atoms. The molecule has 6 heteroatoms. The molecule has 2 N–H and O–H groups in total. The first-order chi connectivity index (χ1) is 8.76. The van der Waals surface area contributed by atoms with Crippen molar-refractivity contribution in [1.82, 2.24) is 4.90 Å². The molecule has 0 fully saturated rings. The highest BCUT2D eigenvalue weighted by Gasteiger charge is 2.35. The summed E-state index contributed by atoms with van der Waals surface area (Å²) in [6.45, 7) is 2.51. The van der Waals surface area contributed by atoms with Crippen molar-refractivity contribution in [3.05, 3.63) is 34.9 Å². The molecule has 0 aliphatic heterocycles. The number of nitrogens with zero attached hydrogens (tertiary/aromatic N) is 1. The first kappa shape index (κ1) is 16.3. The highest BCUT2D eigenvalue weighted by molar-refractivity contribution is 6.31. The number of nitrogens with two attached hydrogens (primary N) is 1. The molecule has 0 saturated carbocycles. The predicted molar refractivity (Wildman–Crippen MR) is 71.1 cm³/mol. The lowest BCUT2D eigenvalue weighted by molar-refractivity contribution is -0.155. The minimum Gasteiger partial charge on any atom is -0.329 e. The Morgan fingerprint density at radius 1 is 1.26 bits per heavy atom. The van der Waals surface area contributed by atoms with Crippen molar-refractivity contribution in [3.8, 4) is 0 Å². The standard InChI is InChI=1S/C13H18ClF3N2/c1-9(2)19(8-13(15,16)17)12(7-18)10-5-3-4-6-11(10)14/h3-6,9,12H,7-8,18H2,1-2H3. The molecule has 2 nitrogen and oxygen atoms in total. The third-order valence-electron chi connectivity index (χ3n) is 2.91. The lowest BCUT2D eigenvalue weighted by Gasteiger charge is -2.35. The molecule has 0 aliphatic carbocycles. The van der Waals surface area contributed by atoms with Crippen LogP contribution >= 0.6 is 11.6 Å². The summed E-state index contributed by atoms with van der Waals surface area (Å²) in [6, 6.07) is 6.03. The van der Waals surface area contributed by atoms with E-state index in [2.05, 4.69) is 0 Å². The van der Waals surface area contributed by atoms with Gasteiger partial charge >= 0.3 is 6.18 Å². The minimum atomic E-state index is -4.26. The zero-order chi connectivity index (χ0) is 14.6. The molecular formula is C13H18ClF3N2. The smallest absolute Gasteiger partial charge is 0.329 e. The van der Waals surface area contributed by atoms with Crippen molar-refractivity contribution in [1.29, 1.82) is 0 Å². The molecule has 0 amide bonds. The van der Waals surface area contributed by atoms with Crippen molar-refractivity contribution in [2.75, 3.05) is 13.1 Å². The summed E-state index contributed by atoms with van der Waals surface area (Å²) < 4.78 is 38.0. The topological polar surface area (TPSA) is 29.3 Å². The Balaban J connectivity index is 3.07. The molecule has 0 radical (unpaired) electrons. The van der Waals surface area contributed by atoms with Gasteiger partial charge in [-0.2, -0.15) is 13.2 Å². The monoisotopic (exact) mass is 294 g/mol. The Morgan fingerprint density at radius 3 is 2.26 bits per heavy atom. The van der Waals surface area contributed by atoms with Crippen LogP contribution < -0.4 is 5.73 Å². The van der Waals surface area contributed by atoms with Gasteiger partial charge in [0.25, 0.3) is 0 Å². The lowest BCUT2D eigenvalue weighted by atomic mass is 10.0. The van der Waals surface area contributed by atoms with Crippen LogP contribution in [0.3, 0.4) is 0 Å². The quantitative estimate of drug-likeness (QED) is 0.899. The maximum atomic E-state index is 12.7. The van der Waals surface area contributed by atoms with Crippen molar-refractivity contribution in [3.63, 3.8) is 0 Å². The van der Waals surface area contributed by atoms with E-state index in [9.17, 15) is 13.2 Å². The second-order valence-corrected chi connectivity index (χ2v) is 5.06. The third-order valence-corrected chi connectivity index (χ3v) is 3.26. The van der Waals surface area contributed by atoms with E-state index in [1.807, 2.05) is 0 Å². The number of hydrogen-bond donors (Lipinski definition) is 1. The molecule has 108 valence electrons. The first-order valence-electron chi connectivity index (χ1n) is 6.03. The van der Waals surface area contributed by atoms with Crippen LogP contribution in [-0.2, 0) is 0 Å². The van der Waals surface area contributed by atoms with Gasteiger partial charge in [-0.25, -0.2) is 0 Å². The van der Waals surface area contributed by atoms with Crippen LogP contribution in [0.15, 0.2) is 24.3 Å².